The van der Waals surface area contributed by atoms with Crippen molar-refractivity contribution in [3.63, 3.8) is 0 Å². The fourth-order valence-corrected chi connectivity index (χ4v) is 3.68. The quantitative estimate of drug-likeness (QED) is 0.820. The molecule has 17 heavy (non-hydrogen) atoms. The van der Waals surface area contributed by atoms with Crippen molar-refractivity contribution in [1.29, 1.82) is 0 Å². The van der Waals surface area contributed by atoms with Gasteiger partial charge in [-0.1, -0.05) is 18.6 Å². The van der Waals surface area contributed by atoms with Crippen LogP contribution in [0.1, 0.15) is 37.7 Å². The van der Waals surface area contributed by atoms with Gasteiger partial charge in [-0.3, -0.25) is 0 Å². The molecule has 2 aliphatic rings. The summed E-state index contributed by atoms with van der Waals surface area (Å²) in [5.41, 5.74) is 1.75. The molecule has 0 amide bonds. The number of piperidine rings is 1. The number of phenolic OH excluding ortho intramolecular Hbond substituents is 1. The molecule has 1 heterocycles. The van der Waals surface area contributed by atoms with Gasteiger partial charge >= 0.3 is 0 Å². The van der Waals surface area contributed by atoms with E-state index in [-0.39, 0.29) is 0 Å². The number of phenols is 1. The normalized spacial score (nSPS) is 24.2. The van der Waals surface area contributed by atoms with E-state index in [1.165, 1.54) is 37.7 Å². The van der Waals surface area contributed by atoms with E-state index in [1.54, 1.807) is 6.07 Å². The fraction of sp³-hybridized carbons (Fsp3) is 0.600. The van der Waals surface area contributed by atoms with Crippen molar-refractivity contribution in [2.45, 2.75) is 37.5 Å². The number of hydrogen-bond donors (Lipinski definition) is 2. The van der Waals surface area contributed by atoms with Crippen LogP contribution in [-0.4, -0.2) is 18.2 Å². The molecule has 3 rings (SSSR count). The van der Waals surface area contributed by atoms with E-state index < -0.39 is 0 Å². The average molecular weight is 231 g/mol. The zero-order valence-electron chi connectivity index (χ0n) is 10.3. The molecule has 2 heteroatoms. The van der Waals surface area contributed by atoms with E-state index in [0.29, 0.717) is 11.2 Å². The molecule has 0 aromatic heterocycles. The Balaban J connectivity index is 1.90. The molecular formula is C15H21NO. The molecule has 0 bridgehead atoms. The minimum absolute atomic E-state index is 0.376. The second-order valence-corrected chi connectivity index (χ2v) is 5.58. The molecule has 0 spiro atoms. The third-order valence-corrected chi connectivity index (χ3v) is 4.79. The SMILES string of the molecule is Oc1cccc(C2(C3CCNCC3)CCC2)c1. The van der Waals surface area contributed by atoms with Crippen LogP contribution in [0.2, 0.25) is 0 Å². The minimum Gasteiger partial charge on any atom is -0.508 e. The molecule has 92 valence electrons. The van der Waals surface area contributed by atoms with Crippen molar-refractivity contribution in [3.8, 4) is 5.75 Å². The Labute approximate surface area is 103 Å². The second kappa shape index (κ2) is 4.34. The van der Waals surface area contributed by atoms with Crippen LogP contribution in [0.5, 0.6) is 5.75 Å². The number of aromatic hydroxyl groups is 1. The fourth-order valence-electron chi connectivity index (χ4n) is 3.68. The summed E-state index contributed by atoms with van der Waals surface area (Å²) in [4.78, 5) is 0. The Morgan fingerprint density at radius 3 is 2.53 bits per heavy atom. The Morgan fingerprint density at radius 2 is 1.94 bits per heavy atom. The largest absolute Gasteiger partial charge is 0.508 e. The summed E-state index contributed by atoms with van der Waals surface area (Å²) in [5, 5.41) is 13.1. The Bertz CT molecular complexity index is 392. The summed E-state index contributed by atoms with van der Waals surface area (Å²) in [6.45, 7) is 2.32. The van der Waals surface area contributed by atoms with Crippen LogP contribution in [0.4, 0.5) is 0 Å². The molecular weight excluding hydrogens is 210 g/mol. The lowest BCUT2D eigenvalue weighted by Crippen LogP contribution is -2.46. The molecule has 1 aliphatic heterocycles. The van der Waals surface area contributed by atoms with Crippen LogP contribution in [0.25, 0.3) is 0 Å². The van der Waals surface area contributed by atoms with Crippen LogP contribution >= 0.6 is 0 Å². The lowest BCUT2D eigenvalue weighted by atomic mass is 9.55. The Hall–Kier alpha value is -1.02. The van der Waals surface area contributed by atoms with Gasteiger partial charge in [0, 0.05) is 0 Å². The molecule has 1 saturated heterocycles. The van der Waals surface area contributed by atoms with E-state index in [0.717, 1.165) is 19.0 Å². The smallest absolute Gasteiger partial charge is 0.115 e. The molecule has 0 atom stereocenters. The van der Waals surface area contributed by atoms with E-state index in [4.69, 9.17) is 0 Å². The molecule has 2 N–H and O–H groups in total. The predicted octanol–water partition coefficient (Wildman–Crippen LogP) is 2.81. The number of rotatable bonds is 2. The van der Waals surface area contributed by atoms with Crippen molar-refractivity contribution >= 4 is 0 Å². The Morgan fingerprint density at radius 1 is 1.18 bits per heavy atom. The van der Waals surface area contributed by atoms with E-state index >= 15 is 0 Å². The van der Waals surface area contributed by atoms with Gasteiger partial charge in [-0.2, -0.15) is 0 Å². The number of nitrogens with one attached hydrogen (secondary N) is 1. The lowest BCUT2D eigenvalue weighted by Gasteiger charge is -2.50. The average Bonchev–Trinajstić information content (AvgIpc) is 2.29. The van der Waals surface area contributed by atoms with Crippen molar-refractivity contribution in [2.24, 2.45) is 5.92 Å². The summed E-state index contributed by atoms with van der Waals surface area (Å²) < 4.78 is 0. The maximum absolute atomic E-state index is 9.68. The van der Waals surface area contributed by atoms with Gasteiger partial charge in [0.05, 0.1) is 0 Å². The summed E-state index contributed by atoms with van der Waals surface area (Å²) in [7, 11) is 0. The summed E-state index contributed by atoms with van der Waals surface area (Å²) in [5.74, 6) is 1.22. The standard InChI is InChI=1S/C15H21NO/c17-14-4-1-3-13(11-14)15(7-2-8-15)12-5-9-16-10-6-12/h1,3-4,11-12,16-17H,2,5-10H2. The number of benzene rings is 1. The van der Waals surface area contributed by atoms with Gasteiger partial charge in [-0.05, 0) is 67.8 Å². The van der Waals surface area contributed by atoms with Crippen molar-refractivity contribution in [2.75, 3.05) is 13.1 Å². The molecule has 0 unspecified atom stereocenters. The first-order chi connectivity index (χ1) is 8.31. The van der Waals surface area contributed by atoms with Gasteiger partial charge in [-0.15, -0.1) is 0 Å². The molecule has 1 saturated carbocycles. The topological polar surface area (TPSA) is 32.3 Å². The first-order valence-corrected chi connectivity index (χ1v) is 6.81. The van der Waals surface area contributed by atoms with Crippen molar-refractivity contribution in [3.05, 3.63) is 29.8 Å². The van der Waals surface area contributed by atoms with Crippen molar-refractivity contribution in [1.82, 2.24) is 5.32 Å². The van der Waals surface area contributed by atoms with E-state index in [1.807, 2.05) is 12.1 Å². The molecule has 1 aromatic carbocycles. The highest BCUT2D eigenvalue weighted by atomic mass is 16.3. The third-order valence-electron chi connectivity index (χ3n) is 4.79. The predicted molar refractivity (Wildman–Crippen MR) is 69.2 cm³/mol. The van der Waals surface area contributed by atoms with Gasteiger partial charge in [-0.25, -0.2) is 0 Å². The van der Waals surface area contributed by atoms with Crippen LogP contribution in [0.3, 0.4) is 0 Å². The van der Waals surface area contributed by atoms with Crippen LogP contribution in [0, 0.1) is 5.92 Å². The van der Waals surface area contributed by atoms with Gasteiger partial charge < -0.3 is 10.4 Å². The molecule has 0 radical (unpaired) electrons. The minimum atomic E-state index is 0.376. The zero-order chi connectivity index (χ0) is 11.7. The lowest BCUT2D eigenvalue weighted by molar-refractivity contribution is 0.116. The molecule has 1 aliphatic carbocycles. The van der Waals surface area contributed by atoms with Gasteiger partial charge in [0.25, 0.3) is 0 Å². The first kappa shape index (κ1) is 11.1. The van der Waals surface area contributed by atoms with Gasteiger partial charge in [0.2, 0.25) is 0 Å². The van der Waals surface area contributed by atoms with E-state index in [9.17, 15) is 5.11 Å². The van der Waals surface area contributed by atoms with Crippen molar-refractivity contribution < 1.29 is 5.11 Å². The van der Waals surface area contributed by atoms with Crippen LogP contribution in [0.15, 0.2) is 24.3 Å². The number of hydrogen-bond acceptors (Lipinski definition) is 2. The maximum Gasteiger partial charge on any atom is 0.115 e. The first-order valence-electron chi connectivity index (χ1n) is 6.81. The zero-order valence-corrected chi connectivity index (χ0v) is 10.3. The highest BCUT2D eigenvalue weighted by Crippen LogP contribution is 2.52. The highest BCUT2D eigenvalue weighted by Gasteiger charge is 2.45. The monoisotopic (exact) mass is 231 g/mol. The Kier molecular flexibility index (Phi) is 2.83. The molecule has 1 aromatic rings. The molecule has 2 nitrogen and oxygen atoms in total. The van der Waals surface area contributed by atoms with Gasteiger partial charge in [0.15, 0.2) is 0 Å². The van der Waals surface area contributed by atoms with Crippen LogP contribution < -0.4 is 5.32 Å². The third kappa shape index (κ3) is 1.85. The summed E-state index contributed by atoms with van der Waals surface area (Å²) >= 11 is 0. The molecule has 2 fully saturated rings. The van der Waals surface area contributed by atoms with Gasteiger partial charge in [0.1, 0.15) is 5.75 Å². The highest BCUT2D eigenvalue weighted by molar-refractivity contribution is 5.35. The second-order valence-electron chi connectivity index (χ2n) is 5.58. The van der Waals surface area contributed by atoms with Crippen LogP contribution in [-0.2, 0) is 5.41 Å². The summed E-state index contributed by atoms with van der Waals surface area (Å²) in [6.07, 6.45) is 6.53. The summed E-state index contributed by atoms with van der Waals surface area (Å²) in [6, 6.07) is 7.96. The van der Waals surface area contributed by atoms with E-state index in [2.05, 4.69) is 11.4 Å². The maximum atomic E-state index is 9.68.